The Bertz CT molecular complexity index is 742. The van der Waals surface area contributed by atoms with Gasteiger partial charge in [-0.2, -0.15) is 0 Å². The molecule has 3 saturated heterocycles. The molecule has 2 N–H and O–H groups in total. The van der Waals surface area contributed by atoms with Gasteiger partial charge in [0.1, 0.15) is 17.6 Å². The Morgan fingerprint density at radius 2 is 1.97 bits per heavy atom. The summed E-state index contributed by atoms with van der Waals surface area (Å²) < 4.78 is 11.9. The zero-order valence-electron chi connectivity index (χ0n) is 20.3. The van der Waals surface area contributed by atoms with E-state index in [-0.39, 0.29) is 37.0 Å². The number of aliphatic hydroxyl groups excluding tert-OH is 1. The minimum Gasteiger partial charge on any atom is -0.466 e. The number of carbonyl (C=O) groups excluding carboxylic acids is 3. The van der Waals surface area contributed by atoms with E-state index in [0.717, 1.165) is 12.8 Å². The van der Waals surface area contributed by atoms with Crippen molar-refractivity contribution in [3.63, 3.8) is 0 Å². The first-order valence-corrected chi connectivity index (χ1v) is 12.2. The first-order valence-electron chi connectivity index (χ1n) is 12.2. The Kier molecular flexibility index (Phi) is 7.25. The Morgan fingerprint density at radius 3 is 2.53 bits per heavy atom. The molecule has 32 heavy (non-hydrogen) atoms. The standard InChI is InChI=1S/C24H40N2O6/c1-7-9-15(5)25-20(28)19-24-11-10-23(6,32-24)18(22(30)31-8-2)17(24)21(29)26(19)16(13-27)12-14(3)4/h14-19,27H,7-13H2,1-6H3,(H,25,28)/t15?,16-,17+,18+,19?,23-,24?/m1/s1. The molecule has 182 valence electrons. The summed E-state index contributed by atoms with van der Waals surface area (Å²) in [7, 11) is 0. The lowest BCUT2D eigenvalue weighted by Gasteiger charge is -2.38. The number of nitrogens with zero attached hydrogens (tertiary/aromatic N) is 1. The lowest BCUT2D eigenvalue weighted by molar-refractivity contribution is -0.160. The normalized spacial score (nSPS) is 35.2. The molecule has 2 bridgehead atoms. The highest BCUT2D eigenvalue weighted by Crippen LogP contribution is 2.63. The Balaban J connectivity index is 2.05. The van der Waals surface area contributed by atoms with Crippen LogP contribution in [-0.4, -0.2) is 70.3 Å². The van der Waals surface area contributed by atoms with Crippen LogP contribution < -0.4 is 5.32 Å². The van der Waals surface area contributed by atoms with Crippen LogP contribution in [0.1, 0.15) is 73.6 Å². The lowest BCUT2D eigenvalue weighted by atomic mass is 9.66. The molecule has 0 aromatic heterocycles. The molecule has 0 aromatic carbocycles. The monoisotopic (exact) mass is 452 g/mol. The minimum absolute atomic E-state index is 0.0485. The van der Waals surface area contributed by atoms with Gasteiger partial charge in [-0.3, -0.25) is 14.4 Å². The van der Waals surface area contributed by atoms with Gasteiger partial charge < -0.3 is 24.8 Å². The van der Waals surface area contributed by atoms with Crippen LogP contribution in [0.15, 0.2) is 0 Å². The summed E-state index contributed by atoms with van der Waals surface area (Å²) in [5, 5.41) is 13.3. The van der Waals surface area contributed by atoms with Crippen molar-refractivity contribution in [3.8, 4) is 0 Å². The summed E-state index contributed by atoms with van der Waals surface area (Å²) in [4.78, 5) is 42.0. The van der Waals surface area contributed by atoms with Crippen LogP contribution in [0.5, 0.6) is 0 Å². The zero-order chi connectivity index (χ0) is 23.8. The van der Waals surface area contributed by atoms with Gasteiger partial charge in [-0.1, -0.05) is 27.2 Å². The second-order valence-corrected chi connectivity index (χ2v) is 10.4. The predicted molar refractivity (Wildman–Crippen MR) is 119 cm³/mol. The first kappa shape index (κ1) is 25.0. The van der Waals surface area contributed by atoms with E-state index in [0.29, 0.717) is 19.3 Å². The fourth-order valence-electron chi connectivity index (χ4n) is 6.29. The molecule has 0 saturated carbocycles. The number of amides is 2. The molecular weight excluding hydrogens is 412 g/mol. The molecule has 3 heterocycles. The van der Waals surface area contributed by atoms with Crippen molar-refractivity contribution in [1.82, 2.24) is 10.2 Å². The van der Waals surface area contributed by atoms with E-state index in [2.05, 4.69) is 12.2 Å². The van der Waals surface area contributed by atoms with Gasteiger partial charge in [0, 0.05) is 6.04 Å². The second kappa shape index (κ2) is 9.29. The van der Waals surface area contributed by atoms with Crippen LogP contribution >= 0.6 is 0 Å². The van der Waals surface area contributed by atoms with Gasteiger partial charge in [0.15, 0.2) is 0 Å². The average Bonchev–Trinajstić information content (AvgIpc) is 3.27. The second-order valence-electron chi connectivity index (χ2n) is 10.4. The fraction of sp³-hybridized carbons (Fsp3) is 0.875. The maximum absolute atomic E-state index is 13.9. The molecule has 8 heteroatoms. The van der Waals surface area contributed by atoms with Gasteiger partial charge >= 0.3 is 5.97 Å². The molecule has 3 aliphatic rings. The van der Waals surface area contributed by atoms with Crippen LogP contribution in [0.4, 0.5) is 0 Å². The van der Waals surface area contributed by atoms with E-state index in [1.165, 1.54) is 4.90 Å². The summed E-state index contributed by atoms with van der Waals surface area (Å²) in [6.45, 7) is 11.6. The molecule has 0 aromatic rings. The van der Waals surface area contributed by atoms with Crippen molar-refractivity contribution in [2.75, 3.05) is 13.2 Å². The van der Waals surface area contributed by atoms with Gasteiger partial charge in [0.25, 0.3) is 0 Å². The van der Waals surface area contributed by atoms with Crippen molar-refractivity contribution in [1.29, 1.82) is 0 Å². The van der Waals surface area contributed by atoms with Gasteiger partial charge in [-0.25, -0.2) is 0 Å². The van der Waals surface area contributed by atoms with E-state index >= 15 is 0 Å². The largest absolute Gasteiger partial charge is 0.466 e. The third-order valence-electron chi connectivity index (χ3n) is 7.46. The number of likely N-dealkylation sites (tertiary alicyclic amines) is 1. The topological polar surface area (TPSA) is 105 Å². The quantitative estimate of drug-likeness (QED) is 0.492. The maximum atomic E-state index is 13.9. The summed E-state index contributed by atoms with van der Waals surface area (Å²) >= 11 is 0. The van der Waals surface area contributed by atoms with E-state index in [1.807, 2.05) is 27.7 Å². The molecule has 0 aliphatic carbocycles. The molecule has 3 unspecified atom stereocenters. The maximum Gasteiger partial charge on any atom is 0.312 e. The minimum atomic E-state index is -1.08. The molecule has 3 fully saturated rings. The summed E-state index contributed by atoms with van der Waals surface area (Å²) in [5.41, 5.74) is -1.91. The number of fused-ring (bicyclic) bond motifs is 1. The number of hydrogen-bond donors (Lipinski definition) is 2. The van der Waals surface area contributed by atoms with Gasteiger partial charge in [-0.15, -0.1) is 0 Å². The number of ether oxygens (including phenoxy) is 2. The van der Waals surface area contributed by atoms with Crippen LogP contribution in [0.2, 0.25) is 0 Å². The van der Waals surface area contributed by atoms with Gasteiger partial charge in [0.2, 0.25) is 11.8 Å². The number of aliphatic hydroxyl groups is 1. The third kappa shape index (κ3) is 3.94. The zero-order valence-corrected chi connectivity index (χ0v) is 20.3. The number of nitrogens with one attached hydrogen (secondary N) is 1. The van der Waals surface area contributed by atoms with Crippen LogP contribution in [0.3, 0.4) is 0 Å². The van der Waals surface area contributed by atoms with Crippen LogP contribution in [-0.2, 0) is 23.9 Å². The SMILES string of the molecule is CCCC(C)NC(=O)C1N([C@@H](CO)CC(C)C)C(=O)[C@@H]2[C@@H](C(=O)OCC)[C@@]3(C)CCC12O3. The Morgan fingerprint density at radius 1 is 1.28 bits per heavy atom. The highest BCUT2D eigenvalue weighted by atomic mass is 16.6. The van der Waals surface area contributed by atoms with E-state index in [4.69, 9.17) is 9.47 Å². The number of esters is 1. The van der Waals surface area contributed by atoms with Crippen molar-refractivity contribution in [2.45, 2.75) is 103 Å². The molecule has 7 atom stereocenters. The highest BCUT2D eigenvalue weighted by Gasteiger charge is 2.78. The van der Waals surface area contributed by atoms with Crippen molar-refractivity contribution in [3.05, 3.63) is 0 Å². The summed E-state index contributed by atoms with van der Waals surface area (Å²) in [6, 6.07) is -1.44. The molecule has 8 nitrogen and oxygen atoms in total. The smallest absolute Gasteiger partial charge is 0.312 e. The van der Waals surface area contributed by atoms with Crippen LogP contribution in [0.25, 0.3) is 0 Å². The molecule has 1 spiro atoms. The van der Waals surface area contributed by atoms with Crippen molar-refractivity contribution in [2.24, 2.45) is 17.8 Å². The molecular formula is C24H40N2O6. The molecule has 0 radical (unpaired) electrons. The predicted octanol–water partition coefficient (Wildman–Crippen LogP) is 2.03. The van der Waals surface area contributed by atoms with E-state index in [1.54, 1.807) is 6.92 Å². The summed E-state index contributed by atoms with van der Waals surface area (Å²) in [6.07, 6.45) is 3.40. The number of carbonyl (C=O) groups is 3. The summed E-state index contributed by atoms with van der Waals surface area (Å²) in [5.74, 6) is -2.31. The fourth-order valence-corrected chi connectivity index (χ4v) is 6.29. The van der Waals surface area contributed by atoms with E-state index < -0.39 is 41.1 Å². The highest BCUT2D eigenvalue weighted by molar-refractivity contribution is 5.98. The third-order valence-corrected chi connectivity index (χ3v) is 7.46. The Hall–Kier alpha value is -1.67. The van der Waals surface area contributed by atoms with Crippen molar-refractivity contribution >= 4 is 17.8 Å². The molecule has 2 amide bonds. The first-order chi connectivity index (χ1) is 15.1. The molecule has 3 rings (SSSR count). The number of rotatable bonds is 10. The van der Waals surface area contributed by atoms with Gasteiger partial charge in [-0.05, 0) is 52.4 Å². The Labute approximate surface area is 191 Å². The van der Waals surface area contributed by atoms with E-state index in [9.17, 15) is 19.5 Å². The number of hydrogen-bond acceptors (Lipinski definition) is 6. The van der Waals surface area contributed by atoms with Crippen LogP contribution in [0, 0.1) is 17.8 Å². The lowest BCUT2D eigenvalue weighted by Crippen LogP contribution is -2.59. The average molecular weight is 453 g/mol. The molecule has 3 aliphatic heterocycles. The van der Waals surface area contributed by atoms with Gasteiger partial charge in [0.05, 0.1) is 30.8 Å². The van der Waals surface area contributed by atoms with Crippen molar-refractivity contribution < 1.29 is 29.0 Å².